The summed E-state index contributed by atoms with van der Waals surface area (Å²) in [4.78, 5) is 47.8. The zero-order valence-corrected chi connectivity index (χ0v) is 24.9. The molecule has 10 nitrogen and oxygen atoms in total. The fourth-order valence-electron chi connectivity index (χ4n) is 4.15. The summed E-state index contributed by atoms with van der Waals surface area (Å²) in [5.41, 5.74) is 0. The Kier molecular flexibility index (Phi) is 10.0. The molecule has 0 radical (unpaired) electrons. The predicted octanol–water partition coefficient (Wildman–Crippen LogP) is 6.32. The van der Waals surface area contributed by atoms with Gasteiger partial charge in [-0.1, -0.05) is 6.92 Å². The van der Waals surface area contributed by atoms with Gasteiger partial charge in [0.25, 0.3) is 0 Å². The van der Waals surface area contributed by atoms with E-state index in [1.54, 1.807) is 36.4 Å². The Bertz CT molecular complexity index is 1630. The normalized spacial score (nSPS) is 11.8. The molecule has 0 saturated carbocycles. The Morgan fingerprint density at radius 2 is 1.21 bits per heavy atom. The third-order valence-electron chi connectivity index (χ3n) is 6.44. The van der Waals surface area contributed by atoms with E-state index in [1.165, 1.54) is 43.8 Å². The molecule has 1 atom stereocenters. The van der Waals surface area contributed by atoms with Gasteiger partial charge in [-0.3, -0.25) is 19.2 Å². The lowest BCUT2D eigenvalue weighted by atomic mass is 10.0. The minimum absolute atomic E-state index is 0.0574. The van der Waals surface area contributed by atoms with Crippen LogP contribution in [-0.2, 0) is 9.59 Å². The van der Waals surface area contributed by atoms with Gasteiger partial charge in [0.2, 0.25) is 0 Å². The van der Waals surface area contributed by atoms with Gasteiger partial charge < -0.3 is 29.2 Å². The van der Waals surface area contributed by atoms with Crippen molar-refractivity contribution >= 4 is 66.4 Å². The van der Waals surface area contributed by atoms with Crippen molar-refractivity contribution in [1.29, 1.82) is 0 Å². The van der Waals surface area contributed by atoms with Gasteiger partial charge in [0, 0.05) is 40.8 Å². The van der Waals surface area contributed by atoms with Crippen LogP contribution in [0.15, 0.2) is 36.4 Å². The predicted molar refractivity (Wildman–Crippen MR) is 159 cm³/mol. The van der Waals surface area contributed by atoms with E-state index in [0.29, 0.717) is 52.4 Å². The minimum atomic E-state index is -1.01. The number of carbonyl (C=O) groups is 4. The summed E-state index contributed by atoms with van der Waals surface area (Å²) in [7, 11) is 3.06. The molecule has 0 saturated heterocycles. The summed E-state index contributed by atoms with van der Waals surface area (Å²) < 4.78 is 24.5. The number of carbonyl (C=O) groups excluding carboxylic acids is 2. The highest BCUT2D eigenvalue weighted by atomic mass is 32.1. The maximum absolute atomic E-state index is 12.6. The summed E-state index contributed by atoms with van der Waals surface area (Å²) in [6, 6.07) is 10.7. The van der Waals surface area contributed by atoms with Crippen molar-refractivity contribution in [2.24, 2.45) is 5.92 Å². The maximum Gasteiger partial charge on any atom is 0.306 e. The molecule has 0 aliphatic carbocycles. The van der Waals surface area contributed by atoms with Gasteiger partial charge >= 0.3 is 11.9 Å². The molecule has 0 fully saturated rings. The second-order valence-corrected chi connectivity index (χ2v) is 11.7. The summed E-state index contributed by atoms with van der Waals surface area (Å²) >= 11 is 2.57. The number of methoxy groups -OCH3 is 2. The smallest absolute Gasteiger partial charge is 0.306 e. The van der Waals surface area contributed by atoms with E-state index in [2.05, 4.69) is 0 Å². The molecule has 42 heavy (non-hydrogen) atoms. The molecule has 2 aromatic carbocycles. The Morgan fingerprint density at radius 1 is 0.714 bits per heavy atom. The molecule has 12 heteroatoms. The van der Waals surface area contributed by atoms with Gasteiger partial charge in [0.15, 0.2) is 34.6 Å². The highest BCUT2D eigenvalue weighted by molar-refractivity contribution is 7.21. The largest absolute Gasteiger partial charge is 0.493 e. The molecule has 2 N–H and O–H groups in total. The molecule has 0 bridgehead atoms. The summed E-state index contributed by atoms with van der Waals surface area (Å²) in [5, 5.41) is 19.5. The van der Waals surface area contributed by atoms with Gasteiger partial charge in [0.05, 0.1) is 49.5 Å². The summed E-state index contributed by atoms with van der Waals surface area (Å²) in [5.74, 6) is -1.16. The van der Waals surface area contributed by atoms with Crippen molar-refractivity contribution in [2.45, 2.75) is 32.6 Å². The number of hydrogen-bond acceptors (Lipinski definition) is 10. The molecular weight excluding hydrogens is 584 g/mol. The van der Waals surface area contributed by atoms with E-state index < -0.39 is 17.9 Å². The number of ether oxygens (including phenoxy) is 4. The standard InChI is InChI=1S/C30H30O10S2/c1-16(30(35)36)9-20(32)28-13-18-11-24(22(38-3)15-26(18)42-28)40-8-4-7-39-23-10-17-12-27(19(31)5-6-29(33)34)41-25(17)14-21(23)37-2/h10-16H,4-9H2,1-3H3,(H,33,34)(H,35,36)/t16-/m0/s1. The van der Waals surface area contributed by atoms with Crippen LogP contribution >= 0.6 is 22.7 Å². The van der Waals surface area contributed by atoms with Crippen LogP contribution < -0.4 is 18.9 Å². The number of thiophene rings is 2. The minimum Gasteiger partial charge on any atom is -0.493 e. The van der Waals surface area contributed by atoms with E-state index in [-0.39, 0.29) is 30.8 Å². The van der Waals surface area contributed by atoms with Crippen molar-refractivity contribution in [3.63, 3.8) is 0 Å². The first-order chi connectivity index (χ1) is 20.1. The second-order valence-electron chi connectivity index (χ2n) is 9.54. The molecule has 4 aromatic rings. The van der Waals surface area contributed by atoms with Crippen LogP contribution in [0, 0.1) is 5.92 Å². The zero-order valence-electron chi connectivity index (χ0n) is 23.3. The van der Waals surface area contributed by atoms with Crippen LogP contribution in [0.4, 0.5) is 0 Å². The number of hydrogen-bond donors (Lipinski definition) is 2. The van der Waals surface area contributed by atoms with Crippen molar-refractivity contribution in [1.82, 2.24) is 0 Å². The Labute approximate surface area is 249 Å². The van der Waals surface area contributed by atoms with Gasteiger partial charge in [-0.15, -0.1) is 22.7 Å². The molecule has 0 unspecified atom stereocenters. The molecule has 0 amide bonds. The monoisotopic (exact) mass is 614 g/mol. The van der Waals surface area contributed by atoms with Crippen LogP contribution in [0.5, 0.6) is 23.0 Å². The van der Waals surface area contributed by atoms with E-state index in [0.717, 1.165) is 20.2 Å². The molecule has 222 valence electrons. The number of Topliss-reactive ketones (excluding diaryl/α,β-unsaturated/α-hetero) is 2. The van der Waals surface area contributed by atoms with Crippen molar-refractivity contribution in [2.75, 3.05) is 27.4 Å². The fourth-order valence-corrected chi connectivity index (χ4v) is 6.21. The van der Waals surface area contributed by atoms with Gasteiger partial charge in [-0.2, -0.15) is 0 Å². The lowest BCUT2D eigenvalue weighted by Gasteiger charge is -2.13. The average molecular weight is 615 g/mol. The molecule has 0 aliphatic rings. The Balaban J connectivity index is 1.37. The Morgan fingerprint density at radius 3 is 1.67 bits per heavy atom. The zero-order chi connectivity index (χ0) is 30.4. The molecule has 2 aromatic heterocycles. The number of rotatable bonds is 16. The third-order valence-corrected chi connectivity index (χ3v) is 8.72. The van der Waals surface area contributed by atoms with Crippen LogP contribution in [0.1, 0.15) is 52.0 Å². The third kappa shape index (κ3) is 7.37. The number of carboxylic acid groups (broad SMARTS) is 2. The van der Waals surface area contributed by atoms with Crippen LogP contribution in [0.2, 0.25) is 0 Å². The molecule has 4 rings (SSSR count). The van der Waals surface area contributed by atoms with E-state index >= 15 is 0 Å². The van der Waals surface area contributed by atoms with Gasteiger partial charge in [-0.25, -0.2) is 0 Å². The maximum atomic E-state index is 12.6. The number of carboxylic acids is 2. The number of benzene rings is 2. The highest BCUT2D eigenvalue weighted by Crippen LogP contribution is 2.38. The molecule has 0 spiro atoms. The second kappa shape index (κ2) is 13.7. The fraction of sp³-hybridized carbons (Fsp3) is 0.333. The first kappa shape index (κ1) is 30.8. The van der Waals surface area contributed by atoms with E-state index in [1.807, 2.05) is 0 Å². The van der Waals surface area contributed by atoms with Crippen molar-refractivity contribution < 1.29 is 48.3 Å². The Hall–Kier alpha value is -4.16. The lowest BCUT2D eigenvalue weighted by Crippen LogP contribution is -2.13. The first-order valence-corrected chi connectivity index (χ1v) is 14.7. The molecular formula is C30H30O10S2. The molecule has 0 aliphatic heterocycles. The number of aliphatic carboxylic acids is 2. The SMILES string of the molecule is COc1cc2sc(C(=O)CCC(=O)O)cc2cc1OCCCOc1cc2cc(C(=O)C[C@H](C)C(=O)O)sc2cc1OC. The van der Waals surface area contributed by atoms with Crippen LogP contribution in [0.3, 0.4) is 0 Å². The molecule has 2 heterocycles. The number of fused-ring (bicyclic) bond motifs is 2. The van der Waals surface area contributed by atoms with Crippen molar-refractivity contribution in [3.8, 4) is 23.0 Å². The highest BCUT2D eigenvalue weighted by Gasteiger charge is 2.20. The first-order valence-electron chi connectivity index (χ1n) is 13.1. The van der Waals surface area contributed by atoms with Crippen LogP contribution in [0.25, 0.3) is 20.2 Å². The lowest BCUT2D eigenvalue weighted by molar-refractivity contribution is -0.141. The summed E-state index contributed by atoms with van der Waals surface area (Å²) in [6.45, 7) is 2.15. The van der Waals surface area contributed by atoms with Gasteiger partial charge in [-0.05, 0) is 35.0 Å². The van der Waals surface area contributed by atoms with E-state index in [4.69, 9.17) is 29.2 Å². The van der Waals surface area contributed by atoms with Crippen molar-refractivity contribution in [3.05, 3.63) is 46.2 Å². The quantitative estimate of drug-likeness (QED) is 0.109. The topological polar surface area (TPSA) is 146 Å². The number of ketones is 2. The van der Waals surface area contributed by atoms with Gasteiger partial charge in [0.1, 0.15) is 0 Å². The van der Waals surface area contributed by atoms with Crippen LogP contribution in [-0.4, -0.2) is 61.2 Å². The summed E-state index contributed by atoms with van der Waals surface area (Å²) in [6.07, 6.45) is 0.191. The average Bonchev–Trinajstić information content (AvgIpc) is 3.58. The van der Waals surface area contributed by atoms with E-state index in [9.17, 15) is 19.2 Å².